The lowest BCUT2D eigenvalue weighted by molar-refractivity contribution is -0.118. The topological polar surface area (TPSA) is 68.0 Å². The number of pyridine rings is 1. The van der Waals surface area contributed by atoms with Crippen molar-refractivity contribution in [1.29, 1.82) is 0 Å². The van der Waals surface area contributed by atoms with Crippen LogP contribution in [0.4, 0.5) is 0 Å². The van der Waals surface area contributed by atoms with Gasteiger partial charge in [0.05, 0.1) is 11.3 Å². The number of carbonyl (C=O) groups is 1. The number of nitrogens with two attached hydrogens (primary N) is 1. The number of thioether (sulfide) groups is 1. The molecule has 1 aromatic carbocycles. The highest BCUT2D eigenvalue weighted by atomic mass is 35.5. The summed E-state index contributed by atoms with van der Waals surface area (Å²) in [6.07, 6.45) is 1.70. The second-order valence-electron chi connectivity index (χ2n) is 3.33. The van der Waals surface area contributed by atoms with Gasteiger partial charge in [0, 0.05) is 21.5 Å². The molecule has 0 unspecified atom stereocenters. The van der Waals surface area contributed by atoms with Crippen LogP contribution in [0.5, 0.6) is 0 Å². The van der Waals surface area contributed by atoms with Crippen LogP contribution in [0.25, 0.3) is 10.9 Å². The molecule has 1 heterocycles. The van der Waals surface area contributed by atoms with E-state index in [9.17, 15) is 4.79 Å². The summed E-state index contributed by atoms with van der Waals surface area (Å²) in [6.45, 7) is 0. The van der Waals surface area contributed by atoms with E-state index in [4.69, 9.17) is 17.4 Å². The van der Waals surface area contributed by atoms with Crippen LogP contribution in [-0.2, 0) is 4.79 Å². The van der Waals surface area contributed by atoms with Crippen LogP contribution in [0.3, 0.4) is 0 Å². The van der Waals surface area contributed by atoms with Crippen molar-refractivity contribution < 1.29 is 4.79 Å². The van der Waals surface area contributed by atoms with E-state index in [0.29, 0.717) is 5.02 Å². The predicted octanol–water partition coefficient (Wildman–Crippen LogP) is 1.97. The number of nitrogens with zero attached hydrogens (tertiary/aromatic N) is 1. The lowest BCUT2D eigenvalue weighted by atomic mass is 10.2. The summed E-state index contributed by atoms with van der Waals surface area (Å²) in [6, 6.07) is 7.36. The third-order valence-corrected chi connectivity index (χ3v) is 3.49. The zero-order valence-electron chi connectivity index (χ0n) is 8.81. The zero-order chi connectivity index (χ0) is 12.3. The minimum Gasteiger partial charge on any atom is -0.294 e. The van der Waals surface area contributed by atoms with E-state index in [0.717, 1.165) is 15.8 Å². The summed E-state index contributed by atoms with van der Waals surface area (Å²) in [7, 11) is 0. The third kappa shape index (κ3) is 2.88. The van der Waals surface area contributed by atoms with Crippen molar-refractivity contribution in [3.63, 3.8) is 0 Å². The van der Waals surface area contributed by atoms with Crippen LogP contribution in [0.1, 0.15) is 0 Å². The van der Waals surface area contributed by atoms with Crippen molar-refractivity contribution in [3.05, 3.63) is 35.5 Å². The maximum atomic E-state index is 11.1. The minimum atomic E-state index is -0.214. The van der Waals surface area contributed by atoms with Gasteiger partial charge in [-0.25, -0.2) is 5.84 Å². The quantitative estimate of drug-likeness (QED) is 0.386. The Bertz CT molecular complexity index is 561. The fraction of sp³-hybridized carbons (Fsp3) is 0.0909. The van der Waals surface area contributed by atoms with Crippen molar-refractivity contribution >= 4 is 40.2 Å². The standard InChI is InChI=1S/C11H10ClN3OS/c12-7-1-2-8-9(5-7)14-4-3-10(8)17-6-11(16)15-13/h1-5H,6,13H2,(H,15,16). The van der Waals surface area contributed by atoms with Crippen molar-refractivity contribution in [2.24, 2.45) is 5.84 Å². The Morgan fingerprint density at radius 2 is 2.29 bits per heavy atom. The largest absolute Gasteiger partial charge is 0.294 e. The van der Waals surface area contributed by atoms with Gasteiger partial charge in [-0.1, -0.05) is 17.7 Å². The number of hydrazine groups is 1. The van der Waals surface area contributed by atoms with Crippen LogP contribution in [0, 0.1) is 0 Å². The lowest BCUT2D eigenvalue weighted by Crippen LogP contribution is -2.31. The van der Waals surface area contributed by atoms with Gasteiger partial charge in [0.2, 0.25) is 5.91 Å². The summed E-state index contributed by atoms with van der Waals surface area (Å²) in [5, 5.41) is 1.62. The van der Waals surface area contributed by atoms with E-state index < -0.39 is 0 Å². The Hall–Kier alpha value is -1.30. The smallest absolute Gasteiger partial charge is 0.244 e. The average Bonchev–Trinajstić information content (AvgIpc) is 2.35. The summed E-state index contributed by atoms with van der Waals surface area (Å²) in [4.78, 5) is 16.3. The molecule has 2 rings (SSSR count). The van der Waals surface area contributed by atoms with Crippen LogP contribution < -0.4 is 11.3 Å². The molecule has 0 bridgehead atoms. The van der Waals surface area contributed by atoms with Gasteiger partial charge < -0.3 is 0 Å². The molecule has 1 aromatic heterocycles. The number of carbonyl (C=O) groups excluding carboxylic acids is 1. The van der Waals surface area contributed by atoms with Crippen molar-refractivity contribution in [2.45, 2.75) is 4.90 Å². The molecule has 0 atom stereocenters. The predicted molar refractivity (Wildman–Crippen MR) is 69.8 cm³/mol. The first-order valence-corrected chi connectivity index (χ1v) is 6.23. The molecule has 0 aliphatic heterocycles. The molecule has 2 aromatic rings. The van der Waals surface area contributed by atoms with Gasteiger partial charge in [-0.05, 0) is 18.2 Å². The molecule has 88 valence electrons. The van der Waals surface area contributed by atoms with E-state index in [1.54, 1.807) is 18.3 Å². The summed E-state index contributed by atoms with van der Waals surface area (Å²) in [5.41, 5.74) is 2.91. The fourth-order valence-corrected chi connectivity index (χ4v) is 2.43. The molecule has 0 spiro atoms. The van der Waals surface area contributed by atoms with Crippen LogP contribution >= 0.6 is 23.4 Å². The fourth-order valence-electron chi connectivity index (χ4n) is 1.41. The highest BCUT2D eigenvalue weighted by Gasteiger charge is 2.05. The van der Waals surface area contributed by atoms with Gasteiger partial charge in [0.25, 0.3) is 0 Å². The summed E-state index contributed by atoms with van der Waals surface area (Å²) < 4.78 is 0. The zero-order valence-corrected chi connectivity index (χ0v) is 10.4. The second kappa shape index (κ2) is 5.35. The molecule has 1 amide bonds. The third-order valence-electron chi connectivity index (χ3n) is 2.18. The molecule has 0 aliphatic carbocycles. The van der Waals surface area contributed by atoms with Gasteiger partial charge in [-0.2, -0.15) is 0 Å². The number of halogens is 1. The lowest BCUT2D eigenvalue weighted by Gasteiger charge is -2.05. The van der Waals surface area contributed by atoms with Crippen molar-refractivity contribution in [1.82, 2.24) is 10.4 Å². The first-order chi connectivity index (χ1) is 8.20. The number of rotatable bonds is 3. The van der Waals surface area contributed by atoms with Crippen molar-refractivity contribution in [2.75, 3.05) is 5.75 Å². The summed E-state index contributed by atoms with van der Waals surface area (Å²) >= 11 is 7.31. The molecule has 0 aliphatic rings. The highest BCUT2D eigenvalue weighted by molar-refractivity contribution is 8.00. The number of nitrogens with one attached hydrogen (secondary N) is 1. The van der Waals surface area contributed by atoms with Crippen molar-refractivity contribution in [3.8, 4) is 0 Å². The molecule has 0 radical (unpaired) electrons. The average molecular weight is 268 g/mol. The molecular weight excluding hydrogens is 258 g/mol. The van der Waals surface area contributed by atoms with Gasteiger partial charge in [-0.15, -0.1) is 11.8 Å². The number of fused-ring (bicyclic) bond motifs is 1. The van der Waals surface area contributed by atoms with Crippen LogP contribution in [0.15, 0.2) is 35.4 Å². The minimum absolute atomic E-state index is 0.214. The van der Waals surface area contributed by atoms with E-state index >= 15 is 0 Å². The first kappa shape index (κ1) is 12.2. The molecule has 0 fully saturated rings. The first-order valence-electron chi connectivity index (χ1n) is 4.87. The Morgan fingerprint density at radius 3 is 3.06 bits per heavy atom. The maximum absolute atomic E-state index is 11.1. The molecule has 0 saturated heterocycles. The highest BCUT2D eigenvalue weighted by Crippen LogP contribution is 2.27. The molecule has 3 N–H and O–H groups in total. The molecule has 6 heteroatoms. The maximum Gasteiger partial charge on any atom is 0.244 e. The number of hydrogen-bond acceptors (Lipinski definition) is 4. The van der Waals surface area contributed by atoms with Gasteiger partial charge in [0.1, 0.15) is 0 Å². The van der Waals surface area contributed by atoms with Gasteiger partial charge >= 0.3 is 0 Å². The van der Waals surface area contributed by atoms with E-state index in [2.05, 4.69) is 10.4 Å². The summed E-state index contributed by atoms with van der Waals surface area (Å²) in [5.74, 6) is 5.09. The number of aromatic nitrogens is 1. The Kier molecular flexibility index (Phi) is 3.83. The monoisotopic (exact) mass is 267 g/mol. The Labute approximate surface area is 108 Å². The molecule has 17 heavy (non-hydrogen) atoms. The van der Waals surface area contributed by atoms with E-state index in [1.807, 2.05) is 12.1 Å². The second-order valence-corrected chi connectivity index (χ2v) is 4.78. The number of amides is 1. The SMILES string of the molecule is NNC(=O)CSc1ccnc2cc(Cl)ccc12. The normalized spacial score (nSPS) is 10.5. The van der Waals surface area contributed by atoms with Gasteiger partial charge in [0.15, 0.2) is 0 Å². The Morgan fingerprint density at radius 1 is 1.47 bits per heavy atom. The number of benzene rings is 1. The number of hydrogen-bond donors (Lipinski definition) is 2. The van der Waals surface area contributed by atoms with Crippen LogP contribution in [0.2, 0.25) is 5.02 Å². The Balaban J connectivity index is 2.31. The molecule has 4 nitrogen and oxygen atoms in total. The molecular formula is C11H10ClN3OS. The van der Waals surface area contributed by atoms with Crippen LogP contribution in [-0.4, -0.2) is 16.6 Å². The molecule has 0 saturated carbocycles. The van der Waals surface area contributed by atoms with E-state index in [1.165, 1.54) is 11.8 Å². The van der Waals surface area contributed by atoms with E-state index in [-0.39, 0.29) is 11.7 Å². The van der Waals surface area contributed by atoms with Gasteiger partial charge in [-0.3, -0.25) is 15.2 Å².